The molecule has 0 saturated carbocycles. The molecule has 0 spiro atoms. The average Bonchev–Trinajstić information content (AvgIpc) is 3.51. The molecule has 3 heterocycles. The van der Waals surface area contributed by atoms with Gasteiger partial charge in [-0.25, -0.2) is 0 Å². The van der Waals surface area contributed by atoms with E-state index in [9.17, 15) is 9.59 Å². The van der Waals surface area contributed by atoms with Crippen molar-refractivity contribution in [2.75, 3.05) is 13.2 Å². The zero-order chi connectivity index (χ0) is 23.8. The van der Waals surface area contributed by atoms with Gasteiger partial charge in [0.1, 0.15) is 17.9 Å². The van der Waals surface area contributed by atoms with E-state index in [0.29, 0.717) is 36.3 Å². The van der Waals surface area contributed by atoms with E-state index in [-0.39, 0.29) is 23.2 Å². The molecular weight excluding hydrogens is 442 g/mol. The van der Waals surface area contributed by atoms with Gasteiger partial charge in [-0.05, 0) is 48.2 Å². The molecule has 1 saturated heterocycles. The summed E-state index contributed by atoms with van der Waals surface area (Å²) in [6, 6.07) is 24.1. The van der Waals surface area contributed by atoms with Crippen molar-refractivity contribution in [1.29, 1.82) is 0 Å². The Morgan fingerprint density at radius 2 is 1.69 bits per heavy atom. The Balaban J connectivity index is 1.36. The van der Waals surface area contributed by atoms with Crippen molar-refractivity contribution in [2.45, 2.75) is 31.6 Å². The molecule has 6 heteroatoms. The largest absolute Gasteiger partial charge is 0.489 e. The fraction of sp³-hybridized carbons (Fsp3) is 0.241. The zero-order valence-electron chi connectivity index (χ0n) is 19.2. The number of nitrogens with zero attached hydrogens (tertiary/aromatic N) is 1. The number of benzene rings is 3. The molecule has 35 heavy (non-hydrogen) atoms. The topological polar surface area (TPSA) is 69.0 Å². The third-order valence-electron chi connectivity index (χ3n) is 6.74. The fourth-order valence-corrected chi connectivity index (χ4v) is 5.00. The minimum atomic E-state index is -0.536. The van der Waals surface area contributed by atoms with E-state index in [1.165, 1.54) is 0 Å². The Labute approximate surface area is 202 Å². The predicted octanol–water partition coefficient (Wildman–Crippen LogP) is 5.10. The lowest BCUT2D eigenvalue weighted by Gasteiger charge is -2.27. The molecule has 2 unspecified atom stereocenters. The normalized spacial score (nSPS) is 19.3. The summed E-state index contributed by atoms with van der Waals surface area (Å²) in [6.45, 7) is 1.57. The van der Waals surface area contributed by atoms with E-state index < -0.39 is 6.04 Å². The summed E-state index contributed by atoms with van der Waals surface area (Å²) in [5, 5.41) is 0.478. The van der Waals surface area contributed by atoms with Gasteiger partial charge >= 0.3 is 0 Å². The van der Waals surface area contributed by atoms with E-state index in [1.54, 1.807) is 29.2 Å². The smallest absolute Gasteiger partial charge is 0.291 e. The van der Waals surface area contributed by atoms with Crippen LogP contribution in [-0.2, 0) is 11.3 Å². The number of rotatable bonds is 6. The molecule has 0 N–H and O–H groups in total. The van der Waals surface area contributed by atoms with Gasteiger partial charge in [0.2, 0.25) is 5.76 Å². The number of carbonyl (C=O) groups excluding carboxylic acids is 1. The molecule has 3 aromatic carbocycles. The quantitative estimate of drug-likeness (QED) is 0.395. The van der Waals surface area contributed by atoms with Crippen molar-refractivity contribution in [2.24, 2.45) is 0 Å². The summed E-state index contributed by atoms with van der Waals surface area (Å²) in [4.78, 5) is 28.8. The zero-order valence-corrected chi connectivity index (χ0v) is 19.2. The molecule has 0 aliphatic carbocycles. The summed E-state index contributed by atoms with van der Waals surface area (Å²) in [7, 11) is 0. The van der Waals surface area contributed by atoms with E-state index in [2.05, 4.69) is 0 Å². The van der Waals surface area contributed by atoms with E-state index in [1.807, 2.05) is 54.6 Å². The van der Waals surface area contributed by atoms with Crippen LogP contribution in [0.4, 0.5) is 0 Å². The highest BCUT2D eigenvalue weighted by Crippen LogP contribution is 2.39. The van der Waals surface area contributed by atoms with Crippen LogP contribution in [0.25, 0.3) is 11.0 Å². The highest BCUT2D eigenvalue weighted by Gasteiger charge is 2.43. The number of carbonyl (C=O) groups is 1. The lowest BCUT2D eigenvalue weighted by Crippen LogP contribution is -2.36. The maximum atomic E-state index is 13.6. The van der Waals surface area contributed by atoms with Crippen LogP contribution < -0.4 is 10.2 Å². The molecule has 176 valence electrons. The molecule has 6 nitrogen and oxygen atoms in total. The molecule has 1 fully saturated rings. The predicted molar refractivity (Wildman–Crippen MR) is 132 cm³/mol. The van der Waals surface area contributed by atoms with Gasteiger partial charge in [0.15, 0.2) is 5.43 Å². The first-order chi connectivity index (χ1) is 17.2. The fourth-order valence-electron chi connectivity index (χ4n) is 5.00. The number of para-hydroxylation sites is 1. The maximum absolute atomic E-state index is 13.6. The molecule has 4 aromatic rings. The Morgan fingerprint density at radius 1 is 0.914 bits per heavy atom. The van der Waals surface area contributed by atoms with Crippen molar-refractivity contribution < 1.29 is 18.7 Å². The molecule has 2 aliphatic rings. The second-order valence-corrected chi connectivity index (χ2v) is 9.01. The Bertz CT molecular complexity index is 1420. The average molecular weight is 468 g/mol. The van der Waals surface area contributed by atoms with Crippen molar-refractivity contribution in [1.82, 2.24) is 4.90 Å². The monoisotopic (exact) mass is 467 g/mol. The Kier molecular flexibility index (Phi) is 5.58. The summed E-state index contributed by atoms with van der Waals surface area (Å²) in [5.41, 5.74) is 2.57. The Hall–Kier alpha value is -3.90. The second kappa shape index (κ2) is 9.04. The summed E-state index contributed by atoms with van der Waals surface area (Å²) in [5.74, 6) is 0.576. The molecule has 2 aliphatic heterocycles. The van der Waals surface area contributed by atoms with Gasteiger partial charge in [-0.15, -0.1) is 0 Å². The number of hydrogen-bond donors (Lipinski definition) is 0. The van der Waals surface area contributed by atoms with Gasteiger partial charge in [-0.3, -0.25) is 9.59 Å². The van der Waals surface area contributed by atoms with Gasteiger partial charge in [-0.1, -0.05) is 54.6 Å². The van der Waals surface area contributed by atoms with Crippen molar-refractivity contribution in [3.63, 3.8) is 0 Å². The minimum Gasteiger partial charge on any atom is -0.489 e. The van der Waals surface area contributed by atoms with E-state index in [0.717, 1.165) is 29.7 Å². The van der Waals surface area contributed by atoms with Gasteiger partial charge in [0.25, 0.3) is 5.91 Å². The van der Waals surface area contributed by atoms with Gasteiger partial charge < -0.3 is 18.8 Å². The molecule has 6 rings (SSSR count). The van der Waals surface area contributed by atoms with Gasteiger partial charge in [0.05, 0.1) is 23.1 Å². The van der Waals surface area contributed by atoms with Crippen LogP contribution in [0.5, 0.6) is 5.75 Å². The van der Waals surface area contributed by atoms with Gasteiger partial charge in [0, 0.05) is 13.2 Å². The third kappa shape index (κ3) is 4.00. The van der Waals surface area contributed by atoms with Gasteiger partial charge in [-0.2, -0.15) is 0 Å². The van der Waals surface area contributed by atoms with Crippen LogP contribution >= 0.6 is 0 Å². The van der Waals surface area contributed by atoms with Crippen LogP contribution in [-0.4, -0.2) is 30.1 Å². The molecule has 1 amide bonds. The van der Waals surface area contributed by atoms with Crippen LogP contribution in [0, 0.1) is 0 Å². The molecular formula is C29H25NO5. The lowest BCUT2D eigenvalue weighted by atomic mass is 9.98. The third-order valence-corrected chi connectivity index (χ3v) is 6.74. The first kappa shape index (κ1) is 21.6. The number of hydrogen-bond acceptors (Lipinski definition) is 5. The lowest BCUT2D eigenvalue weighted by molar-refractivity contribution is 0.0486. The first-order valence-corrected chi connectivity index (χ1v) is 11.9. The van der Waals surface area contributed by atoms with Crippen molar-refractivity contribution >= 4 is 16.9 Å². The Morgan fingerprint density at radius 3 is 2.46 bits per heavy atom. The maximum Gasteiger partial charge on any atom is 0.291 e. The number of ether oxygens (including phenoxy) is 2. The summed E-state index contributed by atoms with van der Waals surface area (Å²) >= 11 is 0. The second-order valence-electron chi connectivity index (χ2n) is 9.01. The van der Waals surface area contributed by atoms with Crippen LogP contribution in [0.15, 0.2) is 88.1 Å². The minimum absolute atomic E-state index is 0.0474. The SMILES string of the molecule is O=C1c2oc3ccccc3c(=O)c2C(c2ccc(OCc3ccccc3)cc2)N1CC1CCCO1. The number of amides is 1. The molecule has 0 bridgehead atoms. The highest BCUT2D eigenvalue weighted by molar-refractivity contribution is 5.99. The van der Waals surface area contributed by atoms with Crippen molar-refractivity contribution in [3.8, 4) is 5.75 Å². The van der Waals surface area contributed by atoms with Crippen molar-refractivity contribution in [3.05, 3.63) is 112 Å². The molecule has 1 aromatic heterocycles. The van der Waals surface area contributed by atoms with E-state index >= 15 is 0 Å². The number of fused-ring (bicyclic) bond motifs is 2. The molecule has 2 atom stereocenters. The van der Waals surface area contributed by atoms with Crippen LogP contribution in [0.1, 0.15) is 46.1 Å². The van der Waals surface area contributed by atoms with Crippen LogP contribution in [0.3, 0.4) is 0 Å². The summed E-state index contributed by atoms with van der Waals surface area (Å²) < 4.78 is 17.8. The first-order valence-electron chi connectivity index (χ1n) is 11.9. The standard InChI is InChI=1S/C29H25NO5/c31-27-23-10-4-5-11-24(23)35-28-25(27)26(30(29(28)32)17-22-9-6-16-33-22)20-12-14-21(15-13-20)34-18-19-7-2-1-3-8-19/h1-5,7-8,10-15,22,26H,6,9,16-18H2. The summed E-state index contributed by atoms with van der Waals surface area (Å²) in [6.07, 6.45) is 1.81. The highest BCUT2D eigenvalue weighted by atomic mass is 16.5. The van der Waals surface area contributed by atoms with Crippen LogP contribution in [0.2, 0.25) is 0 Å². The molecule has 0 radical (unpaired) electrons. The van der Waals surface area contributed by atoms with E-state index in [4.69, 9.17) is 13.9 Å².